The Morgan fingerprint density at radius 2 is 2.00 bits per heavy atom. The van der Waals surface area contributed by atoms with Crippen molar-refractivity contribution < 1.29 is 22.7 Å². The van der Waals surface area contributed by atoms with E-state index in [-0.39, 0.29) is 41.2 Å². The third kappa shape index (κ3) is 5.60. The molecule has 12 heteroatoms. The third-order valence-corrected chi connectivity index (χ3v) is 4.00. The monoisotopic (exact) mass is 442 g/mol. The topological polar surface area (TPSA) is 87.9 Å². The number of rotatable bonds is 7. The maximum Gasteiger partial charge on any atom is 0.416 e. The van der Waals surface area contributed by atoms with Crippen molar-refractivity contribution in [3.63, 3.8) is 0 Å². The molecule has 0 saturated heterocycles. The zero-order chi connectivity index (χ0) is 21.9. The highest BCUT2D eigenvalue weighted by Gasteiger charge is 2.31. The molecule has 0 atom stereocenters. The van der Waals surface area contributed by atoms with Crippen LogP contribution in [0.3, 0.4) is 0 Å². The van der Waals surface area contributed by atoms with Crippen LogP contribution >= 0.6 is 11.6 Å². The van der Waals surface area contributed by atoms with Crippen LogP contribution in [0.4, 0.5) is 35.0 Å². The van der Waals surface area contributed by atoms with Gasteiger partial charge in [0.15, 0.2) is 5.82 Å². The van der Waals surface area contributed by atoms with Gasteiger partial charge in [-0.2, -0.15) is 23.3 Å². The largest absolute Gasteiger partial charge is 0.511 e. The summed E-state index contributed by atoms with van der Waals surface area (Å²) >= 11 is 6.04. The zero-order valence-corrected chi connectivity index (χ0v) is 16.0. The molecule has 158 valence electrons. The maximum atomic E-state index is 13.5. The van der Waals surface area contributed by atoms with E-state index in [2.05, 4.69) is 32.3 Å². The van der Waals surface area contributed by atoms with Crippen LogP contribution in [0.5, 0.6) is 0 Å². The normalized spacial score (nSPS) is 11.4. The van der Waals surface area contributed by atoms with Gasteiger partial charge in [0, 0.05) is 12.7 Å². The molecular formula is C18H15ClF4N6O. The number of aliphatic hydroxyl groups excluding tert-OH is 1. The van der Waals surface area contributed by atoms with Gasteiger partial charge in [-0.3, -0.25) is 4.68 Å². The smallest absolute Gasteiger partial charge is 0.416 e. The summed E-state index contributed by atoms with van der Waals surface area (Å²) in [4.78, 5) is 8.17. The first kappa shape index (κ1) is 21.4. The average Bonchev–Trinajstić information content (AvgIpc) is 3.07. The van der Waals surface area contributed by atoms with Gasteiger partial charge in [0.05, 0.1) is 30.2 Å². The fourth-order valence-corrected chi connectivity index (χ4v) is 2.64. The summed E-state index contributed by atoms with van der Waals surface area (Å²) in [6, 6.07) is 2.25. The van der Waals surface area contributed by atoms with Crippen LogP contribution in [0.25, 0.3) is 0 Å². The van der Waals surface area contributed by atoms with Gasteiger partial charge in [0.2, 0.25) is 5.95 Å². The maximum absolute atomic E-state index is 13.5. The standard InChI is InChI=1S/C18H15ClF4N6O/c1-10(30)8-29-9-14(6-26-29)27-17-25-7-15(19)16(28-17)24-5-11-2-12(18(21,22)23)4-13(20)3-11/h2-4,6-7,9,30H,1,5,8H2,(H2,24,25,27,28). The number of allylic oxidation sites excluding steroid dienone is 1. The second kappa shape index (κ2) is 8.57. The summed E-state index contributed by atoms with van der Waals surface area (Å²) in [6.07, 6.45) is -0.309. The second-order valence-corrected chi connectivity index (χ2v) is 6.61. The van der Waals surface area contributed by atoms with E-state index >= 15 is 0 Å². The van der Waals surface area contributed by atoms with Crippen molar-refractivity contribution in [2.75, 3.05) is 10.6 Å². The van der Waals surface area contributed by atoms with Crippen LogP contribution in [0.1, 0.15) is 11.1 Å². The molecule has 3 rings (SSSR count). The van der Waals surface area contributed by atoms with E-state index in [1.807, 2.05) is 0 Å². The number of aromatic nitrogens is 4. The lowest BCUT2D eigenvalue weighted by atomic mass is 10.1. The first-order chi connectivity index (χ1) is 14.1. The van der Waals surface area contributed by atoms with Crippen LogP contribution < -0.4 is 10.6 Å². The number of hydrogen-bond acceptors (Lipinski definition) is 6. The Hall–Kier alpha value is -3.34. The Kier molecular flexibility index (Phi) is 6.11. The number of nitrogens with one attached hydrogen (secondary N) is 2. The quantitative estimate of drug-likeness (QED) is 0.356. The lowest BCUT2D eigenvalue weighted by molar-refractivity contribution is -0.137. The predicted molar refractivity (Wildman–Crippen MR) is 103 cm³/mol. The van der Waals surface area contributed by atoms with Crippen LogP contribution in [-0.4, -0.2) is 24.9 Å². The van der Waals surface area contributed by atoms with Gasteiger partial charge in [0.1, 0.15) is 16.6 Å². The van der Waals surface area contributed by atoms with E-state index in [9.17, 15) is 22.7 Å². The minimum absolute atomic E-state index is 0.0649. The highest BCUT2D eigenvalue weighted by molar-refractivity contribution is 6.32. The minimum Gasteiger partial charge on any atom is -0.511 e. The number of halogens is 5. The molecule has 0 aliphatic carbocycles. The molecule has 3 N–H and O–H groups in total. The molecule has 0 aliphatic rings. The van der Waals surface area contributed by atoms with Crippen LogP contribution in [0.15, 0.2) is 49.1 Å². The first-order valence-corrected chi connectivity index (χ1v) is 8.77. The fourth-order valence-electron chi connectivity index (χ4n) is 2.48. The van der Waals surface area contributed by atoms with Crippen LogP contribution in [-0.2, 0) is 19.3 Å². The van der Waals surface area contributed by atoms with Gasteiger partial charge in [0.25, 0.3) is 0 Å². The van der Waals surface area contributed by atoms with Crippen LogP contribution in [0, 0.1) is 5.82 Å². The lowest BCUT2D eigenvalue weighted by Gasteiger charge is -2.12. The Morgan fingerprint density at radius 3 is 2.70 bits per heavy atom. The van der Waals surface area contributed by atoms with E-state index in [1.165, 1.54) is 17.1 Å². The van der Waals surface area contributed by atoms with Gasteiger partial charge in [-0.1, -0.05) is 18.2 Å². The molecule has 0 bridgehead atoms. The zero-order valence-electron chi connectivity index (χ0n) is 15.2. The Labute approximate surface area is 173 Å². The number of hydrogen-bond donors (Lipinski definition) is 3. The SMILES string of the molecule is C=C(O)Cn1cc(Nc2ncc(Cl)c(NCc3cc(F)cc(C(F)(F)F)c3)n2)cn1. The van der Waals surface area contributed by atoms with Crippen molar-refractivity contribution >= 4 is 29.1 Å². The minimum atomic E-state index is -4.66. The van der Waals surface area contributed by atoms with E-state index in [0.717, 1.165) is 12.1 Å². The summed E-state index contributed by atoms with van der Waals surface area (Å²) in [6.45, 7) is 3.34. The van der Waals surface area contributed by atoms with E-state index in [4.69, 9.17) is 11.6 Å². The molecular weight excluding hydrogens is 428 g/mol. The van der Waals surface area contributed by atoms with Crippen molar-refractivity contribution in [3.8, 4) is 0 Å². The van der Waals surface area contributed by atoms with Crippen molar-refractivity contribution in [1.29, 1.82) is 0 Å². The molecule has 2 aromatic heterocycles. The molecule has 3 aromatic rings. The molecule has 0 saturated carbocycles. The second-order valence-electron chi connectivity index (χ2n) is 6.21. The van der Waals surface area contributed by atoms with Gasteiger partial charge in [-0.05, 0) is 23.8 Å². The summed E-state index contributed by atoms with van der Waals surface area (Å²) < 4.78 is 53.5. The highest BCUT2D eigenvalue weighted by Crippen LogP contribution is 2.31. The highest BCUT2D eigenvalue weighted by atomic mass is 35.5. The molecule has 0 fully saturated rings. The predicted octanol–water partition coefficient (Wildman–Crippen LogP) is 4.91. The molecule has 2 heterocycles. The van der Waals surface area contributed by atoms with E-state index < -0.39 is 17.6 Å². The van der Waals surface area contributed by atoms with Gasteiger partial charge >= 0.3 is 6.18 Å². The van der Waals surface area contributed by atoms with Gasteiger partial charge in [-0.15, -0.1) is 0 Å². The number of alkyl halides is 3. The molecule has 30 heavy (non-hydrogen) atoms. The number of nitrogens with zero attached hydrogens (tertiary/aromatic N) is 4. The molecule has 0 unspecified atom stereocenters. The average molecular weight is 443 g/mol. The molecule has 0 spiro atoms. The van der Waals surface area contributed by atoms with Crippen molar-refractivity contribution in [2.45, 2.75) is 19.3 Å². The van der Waals surface area contributed by atoms with Crippen molar-refractivity contribution in [1.82, 2.24) is 19.7 Å². The van der Waals surface area contributed by atoms with Crippen LogP contribution in [0.2, 0.25) is 5.02 Å². The molecule has 0 aliphatic heterocycles. The molecule has 0 radical (unpaired) electrons. The van der Waals surface area contributed by atoms with Crippen molar-refractivity contribution in [2.24, 2.45) is 0 Å². The Balaban J connectivity index is 1.72. The van der Waals surface area contributed by atoms with Gasteiger partial charge < -0.3 is 15.7 Å². The fraction of sp³-hybridized carbons (Fsp3) is 0.167. The molecule has 7 nitrogen and oxygen atoms in total. The Morgan fingerprint density at radius 1 is 1.23 bits per heavy atom. The summed E-state index contributed by atoms with van der Waals surface area (Å²) in [5.41, 5.74) is -0.500. The summed E-state index contributed by atoms with van der Waals surface area (Å²) in [5, 5.41) is 19.0. The first-order valence-electron chi connectivity index (χ1n) is 8.39. The number of anilines is 3. The van der Waals surface area contributed by atoms with Gasteiger partial charge in [-0.25, -0.2) is 9.37 Å². The third-order valence-electron chi connectivity index (χ3n) is 3.72. The number of benzene rings is 1. The van der Waals surface area contributed by atoms with E-state index in [1.54, 1.807) is 6.20 Å². The molecule has 0 amide bonds. The summed E-state index contributed by atoms with van der Waals surface area (Å²) in [7, 11) is 0. The molecule has 1 aromatic carbocycles. The summed E-state index contributed by atoms with van der Waals surface area (Å²) in [5.74, 6) is -0.784. The lowest BCUT2D eigenvalue weighted by Crippen LogP contribution is -2.09. The van der Waals surface area contributed by atoms with Crippen molar-refractivity contribution in [3.05, 3.63) is 71.1 Å². The van der Waals surface area contributed by atoms with E-state index in [0.29, 0.717) is 11.8 Å². The Bertz CT molecular complexity index is 1070. The number of aliphatic hydroxyl groups is 1.